The molecule has 24 heavy (non-hydrogen) atoms. The Morgan fingerprint density at radius 3 is 2.75 bits per heavy atom. The highest BCUT2D eigenvalue weighted by molar-refractivity contribution is 6.35. The molecule has 0 radical (unpaired) electrons. The van der Waals surface area contributed by atoms with Crippen LogP contribution in [-0.2, 0) is 19.1 Å². The van der Waals surface area contributed by atoms with Crippen LogP contribution >= 0.6 is 0 Å². The Bertz CT molecular complexity index is 520. The topological polar surface area (TPSA) is 92.8 Å². The average Bonchev–Trinajstić information content (AvgIpc) is 2.63. The summed E-state index contributed by atoms with van der Waals surface area (Å²) in [4.78, 5) is 30.0. The molecule has 2 heterocycles. The molecule has 8 nitrogen and oxygen atoms in total. The predicted molar refractivity (Wildman–Crippen MR) is 87.3 cm³/mol. The quantitative estimate of drug-likeness (QED) is 0.507. The van der Waals surface area contributed by atoms with Crippen molar-refractivity contribution < 1.29 is 19.1 Å². The largest absolute Gasteiger partial charge is 0.383 e. The van der Waals surface area contributed by atoms with E-state index < -0.39 is 11.8 Å². The van der Waals surface area contributed by atoms with Gasteiger partial charge in [0.05, 0.1) is 25.9 Å². The van der Waals surface area contributed by atoms with Crippen LogP contribution in [0.15, 0.2) is 24.5 Å². The molecule has 2 rings (SSSR count). The third-order valence-corrected chi connectivity index (χ3v) is 3.81. The van der Waals surface area contributed by atoms with Crippen molar-refractivity contribution in [2.45, 2.75) is 6.04 Å². The zero-order chi connectivity index (χ0) is 17.2. The zero-order valence-electron chi connectivity index (χ0n) is 13.9. The highest BCUT2D eigenvalue weighted by Gasteiger charge is 2.24. The first kappa shape index (κ1) is 18.3. The monoisotopic (exact) mass is 336 g/mol. The molecule has 0 aliphatic carbocycles. The van der Waals surface area contributed by atoms with E-state index in [0.717, 1.165) is 18.7 Å². The van der Waals surface area contributed by atoms with Gasteiger partial charge in [-0.15, -0.1) is 0 Å². The normalized spacial score (nSPS) is 16.4. The van der Waals surface area contributed by atoms with Crippen LogP contribution in [-0.4, -0.2) is 74.8 Å². The smallest absolute Gasteiger partial charge is 0.309 e. The van der Waals surface area contributed by atoms with Crippen molar-refractivity contribution in [1.29, 1.82) is 0 Å². The van der Waals surface area contributed by atoms with Gasteiger partial charge in [-0.2, -0.15) is 0 Å². The molecule has 1 fully saturated rings. The van der Waals surface area contributed by atoms with Gasteiger partial charge in [-0.3, -0.25) is 19.5 Å². The number of ether oxygens (including phenoxy) is 2. The fraction of sp³-hybridized carbons (Fsp3) is 0.562. The summed E-state index contributed by atoms with van der Waals surface area (Å²) < 4.78 is 10.2. The van der Waals surface area contributed by atoms with E-state index in [9.17, 15) is 9.59 Å². The van der Waals surface area contributed by atoms with E-state index in [1.54, 1.807) is 12.4 Å². The third-order valence-electron chi connectivity index (χ3n) is 3.81. The van der Waals surface area contributed by atoms with E-state index in [2.05, 4.69) is 20.5 Å². The number of amides is 2. The lowest BCUT2D eigenvalue weighted by molar-refractivity contribution is -0.139. The van der Waals surface area contributed by atoms with Crippen LogP contribution < -0.4 is 10.6 Å². The number of aromatic nitrogens is 1. The first-order valence-electron chi connectivity index (χ1n) is 7.99. The van der Waals surface area contributed by atoms with Crippen molar-refractivity contribution in [2.75, 3.05) is 53.1 Å². The van der Waals surface area contributed by atoms with Gasteiger partial charge in [0.25, 0.3) is 0 Å². The molecule has 1 saturated heterocycles. The number of pyridine rings is 1. The van der Waals surface area contributed by atoms with Crippen LogP contribution in [0.5, 0.6) is 0 Å². The van der Waals surface area contributed by atoms with Crippen molar-refractivity contribution in [3.63, 3.8) is 0 Å². The maximum Gasteiger partial charge on any atom is 0.309 e. The standard InChI is InChI=1S/C16H24N4O4/c1-23-8-5-18-15(21)16(22)19-12-14(13-3-2-4-17-11-13)20-6-9-24-10-7-20/h2-4,11,14H,5-10,12H2,1H3,(H,18,21)(H,19,22)/t14-/m1/s1. The minimum absolute atomic E-state index is 0.0432. The Balaban J connectivity index is 1.93. The second-order valence-electron chi connectivity index (χ2n) is 5.41. The molecule has 1 aliphatic rings. The van der Waals surface area contributed by atoms with Crippen LogP contribution in [0.2, 0.25) is 0 Å². The van der Waals surface area contributed by atoms with Crippen molar-refractivity contribution in [3.05, 3.63) is 30.1 Å². The van der Waals surface area contributed by atoms with Gasteiger partial charge in [-0.05, 0) is 11.6 Å². The van der Waals surface area contributed by atoms with Crippen LogP contribution in [0.4, 0.5) is 0 Å². The number of nitrogens with zero attached hydrogens (tertiary/aromatic N) is 2. The zero-order valence-corrected chi connectivity index (χ0v) is 13.9. The highest BCUT2D eigenvalue weighted by atomic mass is 16.5. The van der Waals surface area contributed by atoms with Crippen LogP contribution in [0, 0.1) is 0 Å². The van der Waals surface area contributed by atoms with E-state index in [-0.39, 0.29) is 6.04 Å². The van der Waals surface area contributed by atoms with Gasteiger partial charge in [0.2, 0.25) is 0 Å². The maximum atomic E-state index is 11.9. The molecule has 0 bridgehead atoms. The molecule has 0 saturated carbocycles. The number of morpholine rings is 1. The Morgan fingerprint density at radius 1 is 1.33 bits per heavy atom. The third kappa shape index (κ3) is 5.55. The van der Waals surface area contributed by atoms with Gasteiger partial charge < -0.3 is 20.1 Å². The van der Waals surface area contributed by atoms with Crippen LogP contribution in [0.1, 0.15) is 11.6 Å². The molecule has 0 unspecified atom stereocenters. The molecule has 132 valence electrons. The van der Waals surface area contributed by atoms with Crippen molar-refractivity contribution in [2.24, 2.45) is 0 Å². The summed E-state index contributed by atoms with van der Waals surface area (Å²) in [5.41, 5.74) is 1.000. The average molecular weight is 336 g/mol. The molecule has 8 heteroatoms. The maximum absolute atomic E-state index is 11.9. The molecule has 1 aliphatic heterocycles. The summed E-state index contributed by atoms with van der Waals surface area (Å²) in [5.74, 6) is -1.30. The number of methoxy groups -OCH3 is 1. The number of carbonyl (C=O) groups is 2. The number of hydrogen-bond donors (Lipinski definition) is 2. The fourth-order valence-electron chi connectivity index (χ4n) is 2.54. The van der Waals surface area contributed by atoms with Gasteiger partial charge in [0.1, 0.15) is 0 Å². The van der Waals surface area contributed by atoms with Gasteiger partial charge in [0, 0.05) is 45.7 Å². The molecule has 0 aromatic carbocycles. The summed E-state index contributed by atoms with van der Waals surface area (Å²) in [6, 6.07) is 3.79. The summed E-state index contributed by atoms with van der Waals surface area (Å²) in [5, 5.41) is 5.21. The Labute approximate surface area is 141 Å². The summed E-state index contributed by atoms with van der Waals surface area (Å²) in [6.45, 7) is 3.86. The molecular formula is C16H24N4O4. The number of carbonyl (C=O) groups excluding carboxylic acids is 2. The lowest BCUT2D eigenvalue weighted by Crippen LogP contribution is -2.47. The van der Waals surface area contributed by atoms with E-state index in [1.807, 2.05) is 12.1 Å². The second-order valence-corrected chi connectivity index (χ2v) is 5.41. The van der Waals surface area contributed by atoms with Crippen molar-refractivity contribution in [3.8, 4) is 0 Å². The Kier molecular flexibility index (Phi) is 7.60. The minimum atomic E-state index is -0.654. The van der Waals surface area contributed by atoms with Crippen molar-refractivity contribution >= 4 is 11.8 Å². The Hall–Kier alpha value is -2.03. The lowest BCUT2D eigenvalue weighted by atomic mass is 10.1. The lowest BCUT2D eigenvalue weighted by Gasteiger charge is -2.34. The number of nitrogens with one attached hydrogen (secondary N) is 2. The van der Waals surface area contributed by atoms with Gasteiger partial charge in [-0.1, -0.05) is 6.07 Å². The SMILES string of the molecule is COCCNC(=O)C(=O)NC[C@H](c1cccnc1)N1CCOCC1. The van der Waals surface area contributed by atoms with E-state index in [1.165, 1.54) is 7.11 Å². The van der Waals surface area contributed by atoms with Gasteiger partial charge in [-0.25, -0.2) is 0 Å². The van der Waals surface area contributed by atoms with Crippen LogP contribution in [0.3, 0.4) is 0 Å². The minimum Gasteiger partial charge on any atom is -0.383 e. The van der Waals surface area contributed by atoms with E-state index in [4.69, 9.17) is 9.47 Å². The molecule has 1 aromatic rings. The van der Waals surface area contributed by atoms with Crippen molar-refractivity contribution in [1.82, 2.24) is 20.5 Å². The van der Waals surface area contributed by atoms with Gasteiger partial charge >= 0.3 is 11.8 Å². The Morgan fingerprint density at radius 2 is 2.08 bits per heavy atom. The predicted octanol–water partition coefficient (Wildman–Crippen LogP) is -0.666. The first-order valence-corrected chi connectivity index (χ1v) is 7.99. The first-order chi connectivity index (χ1) is 11.7. The van der Waals surface area contributed by atoms with E-state index in [0.29, 0.717) is 32.9 Å². The molecule has 2 amide bonds. The number of rotatable bonds is 7. The summed E-state index contributed by atoms with van der Waals surface area (Å²) >= 11 is 0. The summed E-state index contributed by atoms with van der Waals surface area (Å²) in [7, 11) is 1.53. The van der Waals surface area contributed by atoms with Gasteiger partial charge in [0.15, 0.2) is 0 Å². The summed E-state index contributed by atoms with van der Waals surface area (Å²) in [6.07, 6.45) is 3.49. The second kappa shape index (κ2) is 9.96. The van der Waals surface area contributed by atoms with Crippen LogP contribution in [0.25, 0.3) is 0 Å². The molecule has 2 N–H and O–H groups in total. The fourth-order valence-corrected chi connectivity index (χ4v) is 2.54. The molecule has 1 atom stereocenters. The molecule has 1 aromatic heterocycles. The van der Waals surface area contributed by atoms with E-state index >= 15 is 0 Å². The number of hydrogen-bond acceptors (Lipinski definition) is 6. The molecular weight excluding hydrogens is 312 g/mol. The molecule has 0 spiro atoms. The highest BCUT2D eigenvalue weighted by Crippen LogP contribution is 2.20.